The van der Waals surface area contributed by atoms with Crippen molar-refractivity contribution in [2.45, 2.75) is 84.3 Å². The van der Waals surface area contributed by atoms with Gasteiger partial charge in [-0.25, -0.2) is 4.98 Å². The van der Waals surface area contributed by atoms with E-state index in [2.05, 4.69) is 53.7 Å². The lowest BCUT2D eigenvalue weighted by Crippen LogP contribution is -2.54. The summed E-state index contributed by atoms with van der Waals surface area (Å²) in [4.78, 5) is 34.2. The molecule has 6 nitrogen and oxygen atoms in total. The van der Waals surface area contributed by atoms with Crippen LogP contribution in [0.15, 0.2) is 29.8 Å². The number of aryl methyl sites for hydroxylation is 1. The molecule has 4 rings (SSSR count). The highest BCUT2D eigenvalue weighted by molar-refractivity contribution is 7.13. The molecule has 0 bridgehead atoms. The van der Waals surface area contributed by atoms with Gasteiger partial charge in [0.2, 0.25) is 11.8 Å². The third-order valence-corrected chi connectivity index (χ3v) is 8.47. The summed E-state index contributed by atoms with van der Waals surface area (Å²) in [6.07, 6.45) is 7.29. The smallest absolute Gasteiger partial charge is 0.243 e. The van der Waals surface area contributed by atoms with Crippen molar-refractivity contribution in [1.29, 1.82) is 0 Å². The summed E-state index contributed by atoms with van der Waals surface area (Å²) < 4.78 is 0. The van der Waals surface area contributed by atoms with Crippen LogP contribution in [-0.2, 0) is 16.1 Å². The molecule has 2 aliphatic rings. The first-order valence-corrected chi connectivity index (χ1v) is 14.1. The molecule has 1 aliphatic heterocycles. The minimum absolute atomic E-state index is 0.0365. The molecule has 0 spiro atoms. The molecule has 7 heteroatoms. The van der Waals surface area contributed by atoms with Crippen molar-refractivity contribution in [2.75, 3.05) is 13.1 Å². The predicted molar refractivity (Wildman–Crippen MR) is 142 cm³/mol. The van der Waals surface area contributed by atoms with Gasteiger partial charge in [0.25, 0.3) is 0 Å². The molecule has 1 unspecified atom stereocenters. The van der Waals surface area contributed by atoms with Gasteiger partial charge in [0.15, 0.2) is 0 Å². The summed E-state index contributed by atoms with van der Waals surface area (Å²) in [6, 6.07) is 7.76. The minimum atomic E-state index is -0.364. The van der Waals surface area contributed by atoms with Gasteiger partial charge < -0.3 is 15.5 Å². The van der Waals surface area contributed by atoms with Gasteiger partial charge in [-0.2, -0.15) is 0 Å². The lowest BCUT2D eigenvalue weighted by Gasteiger charge is -2.32. The van der Waals surface area contributed by atoms with E-state index < -0.39 is 0 Å². The molecular formula is C28H40N4O2S. The number of hydrogen-bond acceptors (Lipinski definition) is 5. The monoisotopic (exact) mass is 496 g/mol. The Morgan fingerprint density at radius 2 is 1.86 bits per heavy atom. The van der Waals surface area contributed by atoms with E-state index in [4.69, 9.17) is 0 Å². The molecule has 0 radical (unpaired) electrons. The zero-order chi connectivity index (χ0) is 24.8. The largest absolute Gasteiger partial charge is 0.350 e. The average molecular weight is 497 g/mol. The molecule has 2 fully saturated rings. The lowest BCUT2D eigenvalue weighted by molar-refractivity contribution is -0.141. The number of thiazole rings is 1. The quantitative estimate of drug-likeness (QED) is 0.490. The highest BCUT2D eigenvalue weighted by Gasteiger charge is 2.40. The van der Waals surface area contributed by atoms with Crippen LogP contribution in [0.1, 0.15) is 70.1 Å². The molecule has 190 valence electrons. The second-order valence-electron chi connectivity index (χ2n) is 10.5. The maximum atomic E-state index is 13.7. The van der Waals surface area contributed by atoms with Crippen LogP contribution >= 0.6 is 11.3 Å². The molecule has 1 aromatic carbocycles. The Balaban J connectivity index is 1.35. The van der Waals surface area contributed by atoms with E-state index in [1.807, 2.05) is 17.3 Å². The molecule has 2 N–H and O–H groups in total. The Morgan fingerprint density at radius 3 is 2.51 bits per heavy atom. The molecule has 2 aromatic rings. The maximum absolute atomic E-state index is 13.7. The van der Waals surface area contributed by atoms with E-state index in [0.29, 0.717) is 24.9 Å². The zero-order valence-electron chi connectivity index (χ0n) is 21.4. The SMILES string of the molecule is Cc1ncsc1-c1ccc(CNC(=O)[C@@H]2CCCN2C(=O)C(NCCC(C)C)C2CCCC2)cc1. The number of amides is 2. The number of carbonyl (C=O) groups is 2. The number of hydrogen-bond donors (Lipinski definition) is 2. The standard InChI is InChI=1S/C28H40N4O2S/c1-19(2)14-15-29-25(22-7-4-5-8-22)28(34)32-16-6-9-24(32)27(33)30-17-21-10-12-23(13-11-21)26-20(3)31-18-35-26/h10-13,18-19,22,24-25,29H,4-9,14-17H2,1-3H3,(H,30,33)/t24-,25?/m0/s1. The number of carbonyl (C=O) groups excluding carboxylic acids is 2. The van der Waals surface area contributed by atoms with Crippen LogP contribution in [0.5, 0.6) is 0 Å². The molecular weight excluding hydrogens is 456 g/mol. The van der Waals surface area contributed by atoms with E-state index in [1.54, 1.807) is 11.3 Å². The summed E-state index contributed by atoms with van der Waals surface area (Å²) in [5.41, 5.74) is 5.11. The van der Waals surface area contributed by atoms with Crippen LogP contribution < -0.4 is 10.6 Å². The first kappa shape index (κ1) is 25.8. The Labute approximate surface area is 213 Å². The third kappa shape index (κ3) is 6.50. The van der Waals surface area contributed by atoms with Gasteiger partial charge in [-0.15, -0.1) is 11.3 Å². The van der Waals surface area contributed by atoms with Gasteiger partial charge in [-0.05, 0) is 68.5 Å². The highest BCUT2D eigenvalue weighted by atomic mass is 32.1. The summed E-state index contributed by atoms with van der Waals surface area (Å²) in [5, 5.41) is 6.68. The third-order valence-electron chi connectivity index (χ3n) is 7.49. The molecule has 1 aromatic heterocycles. The van der Waals surface area contributed by atoms with Crippen molar-refractivity contribution < 1.29 is 9.59 Å². The van der Waals surface area contributed by atoms with Crippen LogP contribution in [-0.4, -0.2) is 46.9 Å². The van der Waals surface area contributed by atoms with E-state index in [1.165, 1.54) is 17.7 Å². The van der Waals surface area contributed by atoms with Crippen LogP contribution in [0, 0.1) is 18.8 Å². The van der Waals surface area contributed by atoms with Crippen molar-refractivity contribution in [3.8, 4) is 10.4 Å². The maximum Gasteiger partial charge on any atom is 0.243 e. The Kier molecular flexibility index (Phi) is 8.95. The Hall–Kier alpha value is -2.25. The summed E-state index contributed by atoms with van der Waals surface area (Å²) in [5.74, 6) is 1.08. The lowest BCUT2D eigenvalue weighted by atomic mass is 9.96. The topological polar surface area (TPSA) is 74.3 Å². The van der Waals surface area contributed by atoms with Crippen LogP contribution in [0.4, 0.5) is 0 Å². The molecule has 2 amide bonds. The first-order valence-electron chi connectivity index (χ1n) is 13.2. The van der Waals surface area contributed by atoms with E-state index in [0.717, 1.165) is 55.5 Å². The van der Waals surface area contributed by atoms with Gasteiger partial charge in [0, 0.05) is 13.1 Å². The van der Waals surface area contributed by atoms with E-state index in [9.17, 15) is 9.59 Å². The van der Waals surface area contributed by atoms with Crippen molar-refractivity contribution in [3.05, 3.63) is 41.0 Å². The van der Waals surface area contributed by atoms with Gasteiger partial charge in [-0.3, -0.25) is 9.59 Å². The first-order chi connectivity index (χ1) is 16.9. The van der Waals surface area contributed by atoms with E-state index in [-0.39, 0.29) is 23.9 Å². The summed E-state index contributed by atoms with van der Waals surface area (Å²) in [6.45, 7) is 8.44. The molecule has 1 saturated carbocycles. The molecule has 1 saturated heterocycles. The van der Waals surface area contributed by atoms with Gasteiger partial charge >= 0.3 is 0 Å². The predicted octanol–water partition coefficient (Wildman–Crippen LogP) is 4.92. The zero-order valence-corrected chi connectivity index (χ0v) is 22.2. The van der Waals surface area contributed by atoms with Crippen LogP contribution in [0.3, 0.4) is 0 Å². The Bertz CT molecular complexity index is 981. The summed E-state index contributed by atoms with van der Waals surface area (Å²) in [7, 11) is 0. The fourth-order valence-electron chi connectivity index (χ4n) is 5.42. The Morgan fingerprint density at radius 1 is 1.11 bits per heavy atom. The van der Waals surface area contributed by atoms with Crippen LogP contribution in [0.25, 0.3) is 10.4 Å². The normalized spacial score (nSPS) is 19.4. The highest BCUT2D eigenvalue weighted by Crippen LogP contribution is 2.31. The number of benzene rings is 1. The molecule has 2 atom stereocenters. The second-order valence-corrected chi connectivity index (χ2v) is 11.4. The van der Waals surface area contributed by atoms with Crippen molar-refractivity contribution in [2.24, 2.45) is 11.8 Å². The van der Waals surface area contributed by atoms with Crippen LogP contribution in [0.2, 0.25) is 0 Å². The second kappa shape index (κ2) is 12.1. The van der Waals surface area contributed by atoms with Crippen molar-refractivity contribution in [1.82, 2.24) is 20.5 Å². The molecule has 2 heterocycles. The summed E-state index contributed by atoms with van der Waals surface area (Å²) >= 11 is 1.64. The van der Waals surface area contributed by atoms with E-state index >= 15 is 0 Å². The number of nitrogens with zero attached hydrogens (tertiary/aromatic N) is 2. The minimum Gasteiger partial charge on any atom is -0.350 e. The fourth-order valence-corrected chi connectivity index (χ4v) is 6.23. The number of rotatable bonds is 10. The number of likely N-dealkylation sites (tertiary alicyclic amines) is 1. The van der Waals surface area contributed by atoms with Gasteiger partial charge in [0.1, 0.15) is 6.04 Å². The van der Waals surface area contributed by atoms with Gasteiger partial charge in [0.05, 0.1) is 22.1 Å². The average Bonchev–Trinajstić information content (AvgIpc) is 3.62. The van der Waals surface area contributed by atoms with Crippen molar-refractivity contribution in [3.63, 3.8) is 0 Å². The molecule has 1 aliphatic carbocycles. The number of nitrogens with one attached hydrogen (secondary N) is 2. The van der Waals surface area contributed by atoms with Crippen molar-refractivity contribution >= 4 is 23.2 Å². The van der Waals surface area contributed by atoms with Gasteiger partial charge in [-0.1, -0.05) is 51.0 Å². The molecule has 35 heavy (non-hydrogen) atoms. The number of aromatic nitrogens is 1. The fraction of sp³-hybridized carbons (Fsp3) is 0.607.